The first-order valence-corrected chi connectivity index (χ1v) is 8.04. The quantitative estimate of drug-likeness (QED) is 0.768. The summed E-state index contributed by atoms with van der Waals surface area (Å²) in [5.74, 6) is 1.07. The monoisotopic (exact) mass is 271 g/mol. The SMILES string of the molecule is COc1ccccc1C(C)NCCCS(C)(=O)=O. The van der Waals surface area contributed by atoms with E-state index < -0.39 is 9.84 Å². The number of benzene rings is 1. The number of sulfone groups is 1. The first kappa shape index (κ1) is 15.0. The number of ether oxygens (including phenoxy) is 1. The molecule has 0 aliphatic rings. The van der Waals surface area contributed by atoms with E-state index >= 15 is 0 Å². The summed E-state index contributed by atoms with van der Waals surface area (Å²) in [6.07, 6.45) is 1.88. The summed E-state index contributed by atoms with van der Waals surface area (Å²) in [5.41, 5.74) is 1.08. The van der Waals surface area contributed by atoms with Crippen LogP contribution in [-0.2, 0) is 9.84 Å². The van der Waals surface area contributed by atoms with E-state index in [1.165, 1.54) is 6.26 Å². The van der Waals surface area contributed by atoms with Crippen LogP contribution in [-0.4, -0.2) is 34.1 Å². The maximum Gasteiger partial charge on any atom is 0.147 e. The van der Waals surface area contributed by atoms with Crippen LogP contribution in [0.3, 0.4) is 0 Å². The summed E-state index contributed by atoms with van der Waals surface area (Å²) < 4.78 is 27.3. The van der Waals surface area contributed by atoms with Gasteiger partial charge in [-0.3, -0.25) is 0 Å². The van der Waals surface area contributed by atoms with Crippen molar-refractivity contribution in [2.75, 3.05) is 25.7 Å². The fourth-order valence-electron chi connectivity index (χ4n) is 1.79. The number of nitrogens with one attached hydrogen (secondary N) is 1. The first-order valence-electron chi connectivity index (χ1n) is 5.98. The Kier molecular flexibility index (Phi) is 5.62. The lowest BCUT2D eigenvalue weighted by atomic mass is 10.1. The minimum Gasteiger partial charge on any atom is -0.496 e. The molecule has 0 bridgehead atoms. The van der Waals surface area contributed by atoms with E-state index in [1.54, 1.807) is 7.11 Å². The molecule has 1 aromatic carbocycles. The van der Waals surface area contributed by atoms with E-state index in [4.69, 9.17) is 4.74 Å². The van der Waals surface area contributed by atoms with Gasteiger partial charge in [0, 0.05) is 17.9 Å². The molecule has 0 spiro atoms. The van der Waals surface area contributed by atoms with Gasteiger partial charge in [-0.2, -0.15) is 0 Å². The van der Waals surface area contributed by atoms with Crippen LogP contribution in [0.2, 0.25) is 0 Å². The molecule has 0 heterocycles. The molecule has 1 N–H and O–H groups in total. The maximum absolute atomic E-state index is 11.0. The molecule has 0 saturated heterocycles. The van der Waals surface area contributed by atoms with E-state index in [-0.39, 0.29) is 11.8 Å². The van der Waals surface area contributed by atoms with Crippen molar-refractivity contribution in [3.8, 4) is 5.75 Å². The highest BCUT2D eigenvalue weighted by Crippen LogP contribution is 2.23. The molecule has 0 fully saturated rings. The lowest BCUT2D eigenvalue weighted by Gasteiger charge is -2.17. The van der Waals surface area contributed by atoms with Gasteiger partial charge in [0.15, 0.2) is 0 Å². The molecular formula is C13H21NO3S. The molecule has 4 nitrogen and oxygen atoms in total. The zero-order valence-electron chi connectivity index (χ0n) is 11.1. The van der Waals surface area contributed by atoms with E-state index in [2.05, 4.69) is 5.32 Å². The molecule has 102 valence electrons. The number of hydrogen-bond donors (Lipinski definition) is 1. The molecule has 5 heteroatoms. The smallest absolute Gasteiger partial charge is 0.147 e. The minimum atomic E-state index is -2.86. The molecular weight excluding hydrogens is 250 g/mol. The van der Waals surface area contributed by atoms with E-state index in [9.17, 15) is 8.42 Å². The summed E-state index contributed by atoms with van der Waals surface area (Å²) in [6.45, 7) is 2.71. The summed E-state index contributed by atoms with van der Waals surface area (Å²) in [7, 11) is -1.22. The third-order valence-corrected chi connectivity index (χ3v) is 3.78. The highest BCUT2D eigenvalue weighted by atomic mass is 32.2. The normalized spacial score (nSPS) is 13.3. The molecule has 0 aliphatic carbocycles. The van der Waals surface area contributed by atoms with Crippen molar-refractivity contribution in [3.05, 3.63) is 29.8 Å². The van der Waals surface area contributed by atoms with Gasteiger partial charge in [0.05, 0.1) is 12.9 Å². The van der Waals surface area contributed by atoms with E-state index in [0.29, 0.717) is 13.0 Å². The van der Waals surface area contributed by atoms with Crippen molar-refractivity contribution < 1.29 is 13.2 Å². The third-order valence-electron chi connectivity index (χ3n) is 2.75. The van der Waals surface area contributed by atoms with Gasteiger partial charge in [-0.15, -0.1) is 0 Å². The highest BCUT2D eigenvalue weighted by Gasteiger charge is 2.10. The van der Waals surface area contributed by atoms with Crippen molar-refractivity contribution in [1.29, 1.82) is 0 Å². The number of rotatable bonds is 7. The van der Waals surface area contributed by atoms with Gasteiger partial charge in [0.25, 0.3) is 0 Å². The number of para-hydroxylation sites is 1. The summed E-state index contributed by atoms with van der Waals surface area (Å²) in [5, 5.41) is 3.30. The summed E-state index contributed by atoms with van der Waals surface area (Å²) in [6, 6.07) is 7.96. The molecule has 0 saturated carbocycles. The van der Waals surface area contributed by atoms with Crippen molar-refractivity contribution in [3.63, 3.8) is 0 Å². The first-order chi connectivity index (χ1) is 8.44. The Hall–Kier alpha value is -1.07. The predicted octanol–water partition coefficient (Wildman–Crippen LogP) is 1.78. The van der Waals surface area contributed by atoms with Crippen molar-refractivity contribution in [2.45, 2.75) is 19.4 Å². The van der Waals surface area contributed by atoms with E-state index in [0.717, 1.165) is 11.3 Å². The van der Waals surface area contributed by atoms with Crippen LogP contribution in [0.15, 0.2) is 24.3 Å². The van der Waals surface area contributed by atoms with Crippen molar-refractivity contribution in [2.24, 2.45) is 0 Å². The van der Waals surface area contributed by atoms with Crippen LogP contribution in [0.25, 0.3) is 0 Å². The second kappa shape index (κ2) is 6.75. The van der Waals surface area contributed by atoms with Crippen LogP contribution in [0.5, 0.6) is 5.75 Å². The summed E-state index contributed by atoms with van der Waals surface area (Å²) in [4.78, 5) is 0. The molecule has 0 radical (unpaired) electrons. The van der Waals surface area contributed by atoms with Gasteiger partial charge in [-0.05, 0) is 26.0 Å². The van der Waals surface area contributed by atoms with Gasteiger partial charge >= 0.3 is 0 Å². The zero-order chi connectivity index (χ0) is 13.6. The fourth-order valence-corrected chi connectivity index (χ4v) is 2.46. The lowest BCUT2D eigenvalue weighted by Crippen LogP contribution is -2.22. The second-order valence-corrected chi connectivity index (χ2v) is 6.66. The topological polar surface area (TPSA) is 55.4 Å². The average molecular weight is 271 g/mol. The van der Waals surface area contributed by atoms with Gasteiger partial charge in [-0.1, -0.05) is 18.2 Å². The molecule has 0 aliphatic heterocycles. The average Bonchev–Trinajstić information content (AvgIpc) is 2.33. The van der Waals surface area contributed by atoms with Crippen LogP contribution < -0.4 is 10.1 Å². The lowest BCUT2D eigenvalue weighted by molar-refractivity contribution is 0.401. The van der Waals surface area contributed by atoms with Crippen LogP contribution in [0.4, 0.5) is 0 Å². The Bertz CT molecular complexity index is 471. The Morgan fingerprint density at radius 3 is 2.61 bits per heavy atom. The van der Waals surface area contributed by atoms with Gasteiger partial charge in [0.1, 0.15) is 15.6 Å². The molecule has 0 amide bonds. The predicted molar refractivity (Wildman–Crippen MR) is 73.7 cm³/mol. The zero-order valence-corrected chi connectivity index (χ0v) is 12.0. The highest BCUT2D eigenvalue weighted by molar-refractivity contribution is 7.90. The second-order valence-electron chi connectivity index (χ2n) is 4.40. The number of hydrogen-bond acceptors (Lipinski definition) is 4. The summed E-state index contributed by atoms with van der Waals surface area (Å²) >= 11 is 0. The largest absolute Gasteiger partial charge is 0.496 e. The Morgan fingerprint density at radius 2 is 2.00 bits per heavy atom. The van der Waals surface area contributed by atoms with Gasteiger partial charge < -0.3 is 10.1 Å². The molecule has 1 unspecified atom stereocenters. The van der Waals surface area contributed by atoms with E-state index in [1.807, 2.05) is 31.2 Å². The van der Waals surface area contributed by atoms with Crippen molar-refractivity contribution >= 4 is 9.84 Å². The molecule has 18 heavy (non-hydrogen) atoms. The molecule has 1 rings (SSSR count). The van der Waals surface area contributed by atoms with Crippen LogP contribution in [0, 0.1) is 0 Å². The minimum absolute atomic E-state index is 0.140. The Balaban J connectivity index is 2.48. The van der Waals surface area contributed by atoms with Crippen LogP contribution >= 0.6 is 0 Å². The van der Waals surface area contributed by atoms with Gasteiger partial charge in [-0.25, -0.2) is 8.42 Å². The Morgan fingerprint density at radius 1 is 1.33 bits per heavy atom. The standard InChI is InChI=1S/C13H21NO3S/c1-11(14-9-6-10-18(3,15)16)12-7-4-5-8-13(12)17-2/h4-5,7-8,11,14H,6,9-10H2,1-3H3. The Labute approximate surface area is 109 Å². The maximum atomic E-state index is 11.0. The molecule has 1 aromatic rings. The molecule has 0 aromatic heterocycles. The number of methoxy groups -OCH3 is 1. The third kappa shape index (κ3) is 5.06. The molecule has 1 atom stereocenters. The fraction of sp³-hybridized carbons (Fsp3) is 0.538. The van der Waals surface area contributed by atoms with Crippen molar-refractivity contribution in [1.82, 2.24) is 5.32 Å². The van der Waals surface area contributed by atoms with Crippen LogP contribution in [0.1, 0.15) is 24.9 Å². The van der Waals surface area contributed by atoms with Gasteiger partial charge in [0.2, 0.25) is 0 Å².